The van der Waals surface area contributed by atoms with Crippen LogP contribution < -0.4 is 4.74 Å². The maximum atomic E-state index is 10.7. The largest absolute Gasteiger partial charge is 0.496 e. The fourth-order valence-electron chi connectivity index (χ4n) is 1.15. The van der Waals surface area contributed by atoms with E-state index in [9.17, 15) is 9.59 Å². The van der Waals surface area contributed by atoms with Crippen LogP contribution in [0.1, 0.15) is 11.5 Å². The highest BCUT2D eigenvalue weighted by Crippen LogP contribution is 2.25. The van der Waals surface area contributed by atoms with Crippen LogP contribution in [0.3, 0.4) is 0 Å². The van der Waals surface area contributed by atoms with Crippen molar-refractivity contribution in [2.24, 2.45) is 0 Å². The molecule has 0 spiro atoms. The molecule has 1 radical (unpaired) electrons. The number of para-hydroxylation sites is 1. The van der Waals surface area contributed by atoms with Gasteiger partial charge in [-0.3, -0.25) is 9.59 Å². The number of hydrogen-bond donors (Lipinski definition) is 1. The Hall–Kier alpha value is -1.84. The van der Waals surface area contributed by atoms with Gasteiger partial charge in [-0.2, -0.15) is 0 Å². The molecule has 0 amide bonds. The average Bonchev–Trinajstić information content (AvgIpc) is 2.19. The minimum absolute atomic E-state index is 0.317. The summed E-state index contributed by atoms with van der Waals surface area (Å²) in [6.07, 6.45) is 1.46. The van der Waals surface area contributed by atoms with Crippen molar-refractivity contribution in [3.8, 4) is 5.75 Å². The molecule has 1 aromatic carbocycles. The summed E-state index contributed by atoms with van der Waals surface area (Å²) < 4.78 is 4.94. The lowest BCUT2D eigenvalue weighted by atomic mass is 10.00. The molecular formula is C10H9O4. The second-order valence-corrected chi connectivity index (χ2v) is 2.63. The van der Waals surface area contributed by atoms with Crippen LogP contribution in [0.2, 0.25) is 0 Å². The first-order chi connectivity index (χ1) is 6.70. The Kier molecular flexibility index (Phi) is 3.23. The molecule has 0 aliphatic heterocycles. The second-order valence-electron chi connectivity index (χ2n) is 2.63. The zero-order valence-electron chi connectivity index (χ0n) is 7.56. The third-order valence-corrected chi connectivity index (χ3v) is 1.81. The second kappa shape index (κ2) is 4.41. The molecule has 1 N–H and O–H groups in total. The number of hydrogen-bond acceptors (Lipinski definition) is 3. The predicted molar refractivity (Wildman–Crippen MR) is 49.1 cm³/mol. The lowest BCUT2D eigenvalue weighted by molar-refractivity contribution is -0.137. The highest BCUT2D eigenvalue weighted by molar-refractivity contribution is 5.93. The van der Waals surface area contributed by atoms with Crippen molar-refractivity contribution in [3.63, 3.8) is 0 Å². The van der Waals surface area contributed by atoms with Crippen LogP contribution >= 0.6 is 0 Å². The summed E-state index contributed by atoms with van der Waals surface area (Å²) in [5, 5.41) is 8.73. The number of ether oxygens (including phenoxy) is 1. The van der Waals surface area contributed by atoms with E-state index in [0.29, 0.717) is 11.3 Å². The molecule has 73 valence electrons. The normalized spacial score (nSPS) is 11.8. The van der Waals surface area contributed by atoms with Gasteiger partial charge in [-0.25, -0.2) is 0 Å². The maximum absolute atomic E-state index is 10.7. The monoisotopic (exact) mass is 193 g/mol. The lowest BCUT2D eigenvalue weighted by Gasteiger charge is -2.09. The fourth-order valence-corrected chi connectivity index (χ4v) is 1.15. The van der Waals surface area contributed by atoms with E-state index in [1.807, 2.05) is 0 Å². The number of carboxylic acids is 1. The summed E-state index contributed by atoms with van der Waals surface area (Å²) in [6.45, 7) is 0. The third kappa shape index (κ3) is 1.90. The predicted octanol–water partition coefficient (Wildman–Crippen LogP) is 0.973. The molecule has 1 atom stereocenters. The Morgan fingerprint density at radius 3 is 2.64 bits per heavy atom. The first-order valence-electron chi connectivity index (χ1n) is 3.94. The molecule has 0 aliphatic rings. The Morgan fingerprint density at radius 1 is 1.50 bits per heavy atom. The quantitative estimate of drug-likeness (QED) is 0.724. The molecule has 0 aliphatic carbocycles. The number of benzene rings is 1. The van der Waals surface area contributed by atoms with E-state index in [1.54, 1.807) is 18.2 Å². The highest BCUT2D eigenvalue weighted by Gasteiger charge is 2.23. The SMILES string of the molecule is COc1ccccc1C([C]=O)C(=O)O. The number of carbonyl (C=O) groups is 1. The van der Waals surface area contributed by atoms with Gasteiger partial charge in [-0.05, 0) is 6.07 Å². The smallest absolute Gasteiger partial charge is 0.319 e. The third-order valence-electron chi connectivity index (χ3n) is 1.81. The Balaban J connectivity index is 3.15. The van der Waals surface area contributed by atoms with E-state index in [-0.39, 0.29) is 0 Å². The van der Waals surface area contributed by atoms with Crippen LogP contribution in [0.5, 0.6) is 5.75 Å². The molecule has 0 saturated heterocycles. The molecule has 0 saturated carbocycles. The molecule has 4 nitrogen and oxygen atoms in total. The van der Waals surface area contributed by atoms with E-state index in [4.69, 9.17) is 9.84 Å². The topological polar surface area (TPSA) is 63.6 Å². The van der Waals surface area contributed by atoms with Gasteiger partial charge in [0.05, 0.1) is 7.11 Å². The zero-order valence-corrected chi connectivity index (χ0v) is 7.56. The zero-order chi connectivity index (χ0) is 10.6. The van der Waals surface area contributed by atoms with Gasteiger partial charge in [0, 0.05) is 5.56 Å². The van der Waals surface area contributed by atoms with Crippen molar-refractivity contribution in [1.82, 2.24) is 0 Å². The Bertz CT molecular complexity index is 346. The number of aliphatic carboxylic acids is 1. The van der Waals surface area contributed by atoms with Crippen LogP contribution in [0, 0.1) is 0 Å². The minimum Gasteiger partial charge on any atom is -0.496 e. The van der Waals surface area contributed by atoms with Gasteiger partial charge in [0.1, 0.15) is 5.75 Å². The molecule has 0 aromatic heterocycles. The van der Waals surface area contributed by atoms with Crippen molar-refractivity contribution in [1.29, 1.82) is 0 Å². The van der Waals surface area contributed by atoms with Crippen LogP contribution in [0.25, 0.3) is 0 Å². The van der Waals surface area contributed by atoms with Crippen molar-refractivity contribution < 1.29 is 19.4 Å². The number of carbonyl (C=O) groups excluding carboxylic acids is 1. The molecule has 0 heterocycles. The highest BCUT2D eigenvalue weighted by atomic mass is 16.5. The first-order valence-corrected chi connectivity index (χ1v) is 3.94. The summed E-state index contributed by atoms with van der Waals surface area (Å²) in [5.41, 5.74) is 0.317. The van der Waals surface area contributed by atoms with E-state index < -0.39 is 11.9 Å². The summed E-state index contributed by atoms with van der Waals surface area (Å²) in [4.78, 5) is 21.1. The van der Waals surface area contributed by atoms with E-state index in [1.165, 1.54) is 19.5 Å². The van der Waals surface area contributed by atoms with Gasteiger partial charge in [-0.15, -0.1) is 0 Å². The molecule has 1 rings (SSSR count). The first kappa shape index (κ1) is 10.2. The summed E-state index contributed by atoms with van der Waals surface area (Å²) in [5.74, 6) is -2.14. The molecule has 1 unspecified atom stereocenters. The molecular weight excluding hydrogens is 184 g/mol. The van der Waals surface area contributed by atoms with Gasteiger partial charge in [-0.1, -0.05) is 18.2 Å². The molecule has 4 heteroatoms. The number of rotatable bonds is 4. The van der Waals surface area contributed by atoms with E-state index >= 15 is 0 Å². The minimum atomic E-state index is -1.29. The van der Waals surface area contributed by atoms with Crippen molar-refractivity contribution in [3.05, 3.63) is 29.8 Å². The fraction of sp³-hybridized carbons (Fsp3) is 0.200. The molecule has 1 aromatic rings. The Morgan fingerprint density at radius 2 is 2.14 bits per heavy atom. The van der Waals surface area contributed by atoms with E-state index in [2.05, 4.69) is 0 Å². The summed E-state index contributed by atoms with van der Waals surface area (Å²) in [6, 6.07) is 6.47. The molecule has 14 heavy (non-hydrogen) atoms. The Labute approximate surface area is 81.1 Å². The van der Waals surface area contributed by atoms with Crippen LogP contribution in [-0.2, 0) is 9.59 Å². The standard InChI is InChI=1S/C10H9O4/c1-14-9-5-3-2-4-7(9)8(6-11)10(12)13/h2-5,8H,1H3,(H,12,13). The van der Waals surface area contributed by atoms with Crippen LogP contribution in [-0.4, -0.2) is 24.5 Å². The lowest BCUT2D eigenvalue weighted by Crippen LogP contribution is -2.13. The van der Waals surface area contributed by atoms with Gasteiger partial charge in [0.2, 0.25) is 6.29 Å². The van der Waals surface area contributed by atoms with Crippen molar-refractivity contribution in [2.75, 3.05) is 7.11 Å². The molecule has 0 bridgehead atoms. The van der Waals surface area contributed by atoms with Crippen LogP contribution in [0.4, 0.5) is 0 Å². The van der Waals surface area contributed by atoms with Crippen molar-refractivity contribution >= 4 is 12.3 Å². The van der Waals surface area contributed by atoms with Gasteiger partial charge < -0.3 is 9.84 Å². The van der Waals surface area contributed by atoms with Crippen LogP contribution in [0.15, 0.2) is 24.3 Å². The van der Waals surface area contributed by atoms with Gasteiger partial charge in [0.15, 0.2) is 5.92 Å². The number of carboxylic acid groups (broad SMARTS) is 1. The number of methoxy groups -OCH3 is 1. The van der Waals surface area contributed by atoms with Crippen molar-refractivity contribution in [2.45, 2.75) is 5.92 Å². The maximum Gasteiger partial charge on any atom is 0.319 e. The van der Waals surface area contributed by atoms with Gasteiger partial charge >= 0.3 is 5.97 Å². The van der Waals surface area contributed by atoms with E-state index in [0.717, 1.165) is 0 Å². The summed E-state index contributed by atoms with van der Waals surface area (Å²) in [7, 11) is 1.42. The summed E-state index contributed by atoms with van der Waals surface area (Å²) >= 11 is 0. The average molecular weight is 193 g/mol. The molecule has 0 fully saturated rings. The van der Waals surface area contributed by atoms with Gasteiger partial charge in [0.25, 0.3) is 0 Å².